The molecule has 1 aliphatic rings. The predicted octanol–water partition coefficient (Wildman–Crippen LogP) is 2.34. The number of hydrogen-bond acceptors (Lipinski definition) is 6. The number of nitrogens with one attached hydrogen (secondary N) is 1. The molecule has 0 radical (unpaired) electrons. The maximum Gasteiger partial charge on any atom is 0.263 e. The maximum absolute atomic E-state index is 13.4. The smallest absolute Gasteiger partial charge is 0.263 e. The molecule has 1 fully saturated rings. The van der Waals surface area contributed by atoms with Crippen molar-refractivity contribution in [2.45, 2.75) is 45.2 Å². The molecule has 0 unspecified atom stereocenters. The highest BCUT2D eigenvalue weighted by molar-refractivity contribution is 7.89. The predicted molar refractivity (Wildman–Crippen MR) is 124 cm³/mol. The summed E-state index contributed by atoms with van der Waals surface area (Å²) in [6.45, 7) is 9.11. The Labute approximate surface area is 190 Å². The molecule has 1 aromatic carbocycles. The summed E-state index contributed by atoms with van der Waals surface area (Å²) in [6.07, 6.45) is 3.09. The largest absolute Gasteiger partial charge is 0.492 e. The number of aromatic nitrogens is 2. The van der Waals surface area contributed by atoms with Crippen molar-refractivity contribution in [3.8, 4) is 5.75 Å². The molecule has 1 amide bonds. The van der Waals surface area contributed by atoms with E-state index in [-0.39, 0.29) is 10.6 Å². The van der Waals surface area contributed by atoms with Gasteiger partial charge in [-0.1, -0.05) is 26.0 Å². The van der Waals surface area contributed by atoms with Crippen LogP contribution in [0.3, 0.4) is 0 Å². The third-order valence-corrected chi connectivity index (χ3v) is 7.12. The van der Waals surface area contributed by atoms with Gasteiger partial charge in [-0.3, -0.25) is 9.48 Å². The number of amides is 1. The van der Waals surface area contributed by atoms with Gasteiger partial charge in [-0.05, 0) is 31.9 Å². The lowest BCUT2D eigenvalue weighted by Gasteiger charge is -2.35. The van der Waals surface area contributed by atoms with Gasteiger partial charge in [0.2, 0.25) is 5.03 Å². The standard InChI is InChI=1S/C22H33N5O4S/c1-4-11-23-21(28)18-17-26(12-5-2)24-22(18)32(29,30)27-15-13-25(14-16-27)19-9-7-8-10-20(19)31-6-3/h7-10,17H,4-6,11-16H2,1-3H3,(H,23,28). The molecule has 9 nitrogen and oxygen atoms in total. The number of piperazine rings is 1. The van der Waals surface area contributed by atoms with Gasteiger partial charge in [0, 0.05) is 45.5 Å². The number of rotatable bonds is 10. The summed E-state index contributed by atoms with van der Waals surface area (Å²) < 4.78 is 35.6. The normalized spacial score (nSPS) is 15.0. The number of anilines is 1. The second-order valence-electron chi connectivity index (χ2n) is 7.66. The minimum Gasteiger partial charge on any atom is -0.492 e. The van der Waals surface area contributed by atoms with Crippen LogP contribution in [0.5, 0.6) is 5.75 Å². The van der Waals surface area contributed by atoms with Crippen molar-refractivity contribution in [1.82, 2.24) is 19.4 Å². The lowest BCUT2D eigenvalue weighted by Crippen LogP contribution is -2.49. The Morgan fingerprint density at radius 1 is 1.09 bits per heavy atom. The van der Waals surface area contributed by atoms with E-state index in [2.05, 4.69) is 15.3 Å². The van der Waals surface area contributed by atoms with Gasteiger partial charge in [0.25, 0.3) is 15.9 Å². The van der Waals surface area contributed by atoms with Crippen LogP contribution in [0, 0.1) is 0 Å². The summed E-state index contributed by atoms with van der Waals surface area (Å²) in [5, 5.41) is 6.89. The molecule has 0 atom stereocenters. The van der Waals surface area contributed by atoms with E-state index in [1.165, 1.54) is 10.5 Å². The van der Waals surface area contributed by atoms with E-state index in [0.717, 1.165) is 24.3 Å². The van der Waals surface area contributed by atoms with Gasteiger partial charge in [-0.2, -0.15) is 9.40 Å². The van der Waals surface area contributed by atoms with Crippen molar-refractivity contribution in [2.75, 3.05) is 44.2 Å². The average molecular weight is 464 g/mol. The molecule has 1 aromatic heterocycles. The number of hydrogen-bond donors (Lipinski definition) is 1. The van der Waals surface area contributed by atoms with Crippen LogP contribution in [-0.2, 0) is 16.6 Å². The Balaban J connectivity index is 1.80. The zero-order valence-corrected chi connectivity index (χ0v) is 19.9. The topological polar surface area (TPSA) is 96.8 Å². The van der Waals surface area contributed by atoms with Gasteiger partial charge >= 0.3 is 0 Å². The van der Waals surface area contributed by atoms with Crippen LogP contribution in [0.4, 0.5) is 5.69 Å². The molecular weight excluding hydrogens is 430 g/mol. The molecule has 1 N–H and O–H groups in total. The molecule has 1 aliphatic heterocycles. The summed E-state index contributed by atoms with van der Waals surface area (Å²) in [6, 6.07) is 7.77. The van der Waals surface area contributed by atoms with E-state index < -0.39 is 15.9 Å². The molecule has 0 aliphatic carbocycles. The summed E-state index contributed by atoms with van der Waals surface area (Å²) >= 11 is 0. The van der Waals surface area contributed by atoms with E-state index in [0.29, 0.717) is 45.9 Å². The van der Waals surface area contributed by atoms with Crippen LogP contribution < -0.4 is 15.0 Å². The second-order valence-corrected chi connectivity index (χ2v) is 9.51. The Morgan fingerprint density at radius 3 is 2.47 bits per heavy atom. The van der Waals surface area contributed by atoms with Crippen LogP contribution in [0.15, 0.2) is 35.5 Å². The SMILES string of the molecule is CCCNC(=O)c1cn(CCC)nc1S(=O)(=O)N1CCN(c2ccccc2OCC)CC1. The van der Waals surface area contributed by atoms with Crippen molar-refractivity contribution in [2.24, 2.45) is 0 Å². The van der Waals surface area contributed by atoms with Gasteiger partial charge in [-0.15, -0.1) is 0 Å². The first-order valence-corrected chi connectivity index (χ1v) is 12.7. The first-order chi connectivity index (χ1) is 15.4. The summed E-state index contributed by atoms with van der Waals surface area (Å²) in [4.78, 5) is 14.8. The zero-order chi connectivity index (χ0) is 23.1. The Morgan fingerprint density at radius 2 is 1.81 bits per heavy atom. The maximum atomic E-state index is 13.4. The molecular formula is C22H33N5O4S. The Bertz CT molecular complexity index is 1010. The monoisotopic (exact) mass is 463 g/mol. The number of carbonyl (C=O) groups is 1. The number of ether oxygens (including phenoxy) is 1. The molecule has 2 heterocycles. The number of para-hydroxylation sites is 2. The fourth-order valence-corrected chi connectivity index (χ4v) is 5.23. The van der Waals surface area contributed by atoms with Crippen molar-refractivity contribution in [1.29, 1.82) is 0 Å². The molecule has 2 aromatic rings. The minimum atomic E-state index is -3.90. The number of nitrogens with zero attached hydrogens (tertiary/aromatic N) is 4. The second kappa shape index (κ2) is 10.8. The molecule has 0 bridgehead atoms. The van der Waals surface area contributed by atoms with Crippen molar-refractivity contribution >= 4 is 21.6 Å². The van der Waals surface area contributed by atoms with E-state index >= 15 is 0 Å². The summed E-state index contributed by atoms with van der Waals surface area (Å²) in [5.41, 5.74) is 1.06. The van der Waals surface area contributed by atoms with E-state index in [4.69, 9.17) is 4.74 Å². The lowest BCUT2D eigenvalue weighted by atomic mass is 10.2. The van der Waals surface area contributed by atoms with Crippen molar-refractivity contribution in [3.05, 3.63) is 36.0 Å². The van der Waals surface area contributed by atoms with E-state index in [1.54, 1.807) is 4.68 Å². The Hall–Kier alpha value is -2.59. The van der Waals surface area contributed by atoms with Gasteiger partial charge < -0.3 is 15.0 Å². The van der Waals surface area contributed by atoms with Crippen LogP contribution in [0.2, 0.25) is 0 Å². The van der Waals surface area contributed by atoms with Gasteiger partial charge in [0.05, 0.1) is 17.9 Å². The van der Waals surface area contributed by atoms with E-state index in [1.807, 2.05) is 45.0 Å². The Kier molecular flexibility index (Phi) is 8.14. The summed E-state index contributed by atoms with van der Waals surface area (Å²) in [7, 11) is -3.90. The molecule has 32 heavy (non-hydrogen) atoms. The number of benzene rings is 1. The molecule has 0 saturated carbocycles. The highest BCUT2D eigenvalue weighted by Gasteiger charge is 2.35. The zero-order valence-electron chi connectivity index (χ0n) is 19.1. The fourth-order valence-electron chi connectivity index (χ4n) is 3.71. The molecule has 176 valence electrons. The number of aryl methyl sites for hydroxylation is 1. The third kappa shape index (κ3) is 5.24. The molecule has 10 heteroatoms. The van der Waals surface area contributed by atoms with Gasteiger partial charge in [-0.25, -0.2) is 8.42 Å². The molecule has 0 spiro atoms. The molecule has 1 saturated heterocycles. The van der Waals surface area contributed by atoms with Crippen molar-refractivity contribution < 1.29 is 17.9 Å². The number of sulfonamides is 1. The van der Waals surface area contributed by atoms with Crippen LogP contribution in [-0.4, -0.2) is 67.7 Å². The number of carbonyl (C=O) groups excluding carboxylic acids is 1. The van der Waals surface area contributed by atoms with Crippen molar-refractivity contribution in [3.63, 3.8) is 0 Å². The average Bonchev–Trinajstić information content (AvgIpc) is 3.23. The first-order valence-electron chi connectivity index (χ1n) is 11.2. The van der Waals surface area contributed by atoms with Crippen LogP contribution in [0.1, 0.15) is 44.0 Å². The van der Waals surface area contributed by atoms with Crippen LogP contribution in [0.25, 0.3) is 0 Å². The third-order valence-electron chi connectivity index (χ3n) is 5.29. The molecule has 3 rings (SSSR count). The minimum absolute atomic E-state index is 0.107. The summed E-state index contributed by atoms with van der Waals surface area (Å²) in [5.74, 6) is 0.386. The highest BCUT2D eigenvalue weighted by Crippen LogP contribution is 2.30. The van der Waals surface area contributed by atoms with Crippen LogP contribution >= 0.6 is 0 Å². The highest BCUT2D eigenvalue weighted by atomic mass is 32.2. The lowest BCUT2D eigenvalue weighted by molar-refractivity contribution is 0.0950. The first kappa shape index (κ1) is 24.1. The van der Waals surface area contributed by atoms with Gasteiger partial charge in [0.15, 0.2) is 0 Å². The fraction of sp³-hybridized carbons (Fsp3) is 0.545. The van der Waals surface area contributed by atoms with Gasteiger partial charge in [0.1, 0.15) is 5.75 Å². The quantitative estimate of drug-likeness (QED) is 0.581. The van der Waals surface area contributed by atoms with E-state index in [9.17, 15) is 13.2 Å².